The van der Waals surface area contributed by atoms with Gasteiger partial charge in [-0.15, -0.1) is 0 Å². The number of hydrogen-bond acceptors (Lipinski definition) is 2. The SMILES string of the molecule is OC1CCC(C(F)(F)F)C(n2cccn2)C1. The smallest absolute Gasteiger partial charge is 0.393 e. The average Bonchev–Trinajstić information content (AvgIpc) is 2.68. The molecule has 6 heteroatoms. The number of hydrogen-bond donors (Lipinski definition) is 1. The molecule has 0 aliphatic heterocycles. The zero-order chi connectivity index (χ0) is 11.8. The van der Waals surface area contributed by atoms with E-state index in [1.807, 2.05) is 0 Å². The number of nitrogens with zero attached hydrogens (tertiary/aromatic N) is 2. The Hall–Kier alpha value is -1.04. The first-order valence-corrected chi connectivity index (χ1v) is 5.22. The lowest BCUT2D eigenvalue weighted by atomic mass is 9.82. The standard InChI is InChI=1S/C10H13F3N2O/c11-10(12,13)8-3-2-7(16)6-9(8)15-5-1-4-14-15/h1,4-5,7-9,16H,2-3,6H2. The van der Waals surface area contributed by atoms with Crippen molar-refractivity contribution in [2.24, 2.45) is 5.92 Å². The van der Waals surface area contributed by atoms with Gasteiger partial charge in [0.05, 0.1) is 18.1 Å². The molecular weight excluding hydrogens is 221 g/mol. The molecule has 3 atom stereocenters. The van der Waals surface area contributed by atoms with Crippen LogP contribution < -0.4 is 0 Å². The van der Waals surface area contributed by atoms with Crippen LogP contribution in [0.25, 0.3) is 0 Å². The van der Waals surface area contributed by atoms with Gasteiger partial charge in [-0.05, 0) is 25.3 Å². The summed E-state index contributed by atoms with van der Waals surface area (Å²) in [5.74, 6) is -1.41. The number of rotatable bonds is 1. The highest BCUT2D eigenvalue weighted by Crippen LogP contribution is 2.43. The lowest BCUT2D eigenvalue weighted by Crippen LogP contribution is -2.38. The van der Waals surface area contributed by atoms with E-state index in [0.717, 1.165) is 0 Å². The van der Waals surface area contributed by atoms with Crippen LogP contribution >= 0.6 is 0 Å². The highest BCUT2D eigenvalue weighted by molar-refractivity contribution is 4.91. The Kier molecular flexibility index (Phi) is 2.92. The molecule has 3 nitrogen and oxygen atoms in total. The molecule has 1 aromatic rings. The van der Waals surface area contributed by atoms with Gasteiger partial charge in [-0.3, -0.25) is 4.68 Å². The van der Waals surface area contributed by atoms with Crippen LogP contribution in [-0.2, 0) is 0 Å². The molecule has 0 amide bonds. The van der Waals surface area contributed by atoms with Crippen LogP contribution in [0.5, 0.6) is 0 Å². The van der Waals surface area contributed by atoms with Gasteiger partial charge in [0.1, 0.15) is 0 Å². The first kappa shape index (κ1) is 11.4. The summed E-state index contributed by atoms with van der Waals surface area (Å²) in [7, 11) is 0. The number of aliphatic hydroxyl groups is 1. The van der Waals surface area contributed by atoms with Crippen LogP contribution in [0.1, 0.15) is 25.3 Å². The van der Waals surface area contributed by atoms with E-state index in [9.17, 15) is 18.3 Å². The molecule has 0 saturated heterocycles. The maximum Gasteiger partial charge on any atom is 0.393 e. The van der Waals surface area contributed by atoms with Gasteiger partial charge in [-0.2, -0.15) is 18.3 Å². The largest absolute Gasteiger partial charge is 0.393 e. The monoisotopic (exact) mass is 234 g/mol. The Labute approximate surface area is 90.9 Å². The summed E-state index contributed by atoms with van der Waals surface area (Å²) in [6.07, 6.45) is -1.62. The van der Waals surface area contributed by atoms with Gasteiger partial charge in [-0.25, -0.2) is 0 Å². The van der Waals surface area contributed by atoms with E-state index in [1.54, 1.807) is 6.07 Å². The van der Waals surface area contributed by atoms with Gasteiger partial charge >= 0.3 is 6.18 Å². The quantitative estimate of drug-likeness (QED) is 0.808. The van der Waals surface area contributed by atoms with Crippen LogP contribution in [-0.4, -0.2) is 27.2 Å². The molecule has 1 heterocycles. The molecule has 0 aromatic carbocycles. The molecule has 1 aliphatic carbocycles. The third-order valence-corrected chi connectivity index (χ3v) is 3.07. The van der Waals surface area contributed by atoms with E-state index in [2.05, 4.69) is 5.10 Å². The minimum Gasteiger partial charge on any atom is -0.393 e. The van der Waals surface area contributed by atoms with E-state index in [4.69, 9.17) is 0 Å². The van der Waals surface area contributed by atoms with Crippen LogP contribution in [0, 0.1) is 5.92 Å². The van der Waals surface area contributed by atoms with E-state index in [1.165, 1.54) is 17.1 Å². The van der Waals surface area contributed by atoms with Crippen molar-refractivity contribution in [1.29, 1.82) is 0 Å². The molecule has 16 heavy (non-hydrogen) atoms. The minimum atomic E-state index is -4.23. The Bertz CT molecular complexity index is 336. The van der Waals surface area contributed by atoms with Crippen molar-refractivity contribution >= 4 is 0 Å². The number of alkyl halides is 3. The summed E-state index contributed by atoms with van der Waals surface area (Å²) in [5.41, 5.74) is 0. The fraction of sp³-hybridized carbons (Fsp3) is 0.700. The van der Waals surface area contributed by atoms with Crippen LogP contribution in [0.15, 0.2) is 18.5 Å². The molecule has 3 unspecified atom stereocenters. The van der Waals surface area contributed by atoms with E-state index >= 15 is 0 Å². The zero-order valence-corrected chi connectivity index (χ0v) is 8.56. The second-order valence-electron chi connectivity index (χ2n) is 4.17. The molecule has 0 spiro atoms. The third kappa shape index (κ3) is 2.21. The molecule has 90 valence electrons. The first-order valence-electron chi connectivity index (χ1n) is 5.22. The Morgan fingerprint density at radius 1 is 1.31 bits per heavy atom. The topological polar surface area (TPSA) is 38.0 Å². The van der Waals surface area contributed by atoms with Crippen molar-refractivity contribution in [1.82, 2.24) is 9.78 Å². The maximum absolute atomic E-state index is 12.8. The molecule has 1 saturated carbocycles. The van der Waals surface area contributed by atoms with Crippen molar-refractivity contribution in [3.8, 4) is 0 Å². The summed E-state index contributed by atoms with van der Waals surface area (Å²) in [6.45, 7) is 0. The molecule has 1 N–H and O–H groups in total. The predicted molar refractivity (Wildman–Crippen MR) is 50.7 cm³/mol. The first-order chi connectivity index (χ1) is 7.48. The van der Waals surface area contributed by atoms with E-state index in [0.29, 0.717) is 0 Å². The number of aliphatic hydroxyl groups excluding tert-OH is 1. The molecule has 1 fully saturated rings. The summed E-state index contributed by atoms with van der Waals surface area (Å²) in [5, 5.41) is 13.3. The van der Waals surface area contributed by atoms with Crippen molar-refractivity contribution in [3.05, 3.63) is 18.5 Å². The zero-order valence-electron chi connectivity index (χ0n) is 8.56. The average molecular weight is 234 g/mol. The Morgan fingerprint density at radius 3 is 2.62 bits per heavy atom. The van der Waals surface area contributed by atoms with Gasteiger partial charge in [-0.1, -0.05) is 0 Å². The molecule has 1 aliphatic rings. The Balaban J connectivity index is 2.23. The fourth-order valence-electron chi connectivity index (χ4n) is 2.28. The van der Waals surface area contributed by atoms with Crippen LogP contribution in [0.4, 0.5) is 13.2 Å². The summed E-state index contributed by atoms with van der Waals surface area (Å²) >= 11 is 0. The molecular formula is C10H13F3N2O. The summed E-state index contributed by atoms with van der Waals surface area (Å²) in [6, 6.07) is 0.813. The Morgan fingerprint density at radius 2 is 2.06 bits per heavy atom. The highest BCUT2D eigenvalue weighted by Gasteiger charge is 2.48. The number of aromatic nitrogens is 2. The third-order valence-electron chi connectivity index (χ3n) is 3.07. The molecule has 1 aromatic heterocycles. The van der Waals surface area contributed by atoms with E-state index in [-0.39, 0.29) is 19.3 Å². The van der Waals surface area contributed by atoms with Gasteiger partial charge in [0, 0.05) is 12.4 Å². The van der Waals surface area contributed by atoms with Gasteiger partial charge < -0.3 is 5.11 Å². The predicted octanol–water partition coefficient (Wildman–Crippen LogP) is 2.15. The normalized spacial score (nSPS) is 31.6. The second kappa shape index (κ2) is 4.08. The van der Waals surface area contributed by atoms with Crippen LogP contribution in [0.2, 0.25) is 0 Å². The van der Waals surface area contributed by atoms with E-state index < -0.39 is 24.2 Å². The fourth-order valence-corrected chi connectivity index (χ4v) is 2.28. The maximum atomic E-state index is 12.8. The highest BCUT2D eigenvalue weighted by atomic mass is 19.4. The molecule has 0 radical (unpaired) electrons. The van der Waals surface area contributed by atoms with Crippen molar-refractivity contribution in [2.75, 3.05) is 0 Å². The van der Waals surface area contributed by atoms with Gasteiger partial charge in [0.25, 0.3) is 0 Å². The lowest BCUT2D eigenvalue weighted by Gasteiger charge is -2.35. The minimum absolute atomic E-state index is 0.0325. The van der Waals surface area contributed by atoms with Gasteiger partial charge in [0.15, 0.2) is 0 Å². The van der Waals surface area contributed by atoms with Crippen molar-refractivity contribution in [3.63, 3.8) is 0 Å². The number of halogens is 3. The van der Waals surface area contributed by atoms with Crippen LogP contribution in [0.3, 0.4) is 0 Å². The van der Waals surface area contributed by atoms with Crippen molar-refractivity contribution < 1.29 is 18.3 Å². The van der Waals surface area contributed by atoms with Gasteiger partial charge in [0.2, 0.25) is 0 Å². The summed E-state index contributed by atoms with van der Waals surface area (Å²) < 4.78 is 39.7. The lowest BCUT2D eigenvalue weighted by molar-refractivity contribution is -0.199. The second-order valence-corrected chi connectivity index (χ2v) is 4.17. The molecule has 0 bridgehead atoms. The molecule has 2 rings (SSSR count). The van der Waals surface area contributed by atoms with Crippen molar-refractivity contribution in [2.45, 2.75) is 37.6 Å². The summed E-state index contributed by atoms with van der Waals surface area (Å²) in [4.78, 5) is 0.